The zero-order valence-corrected chi connectivity index (χ0v) is 10.5. The highest BCUT2D eigenvalue weighted by molar-refractivity contribution is 5.46. The average Bonchev–Trinajstić information content (AvgIpc) is 3.07. The Morgan fingerprint density at radius 1 is 1.35 bits per heavy atom. The molecular formula is C14H18O3. The molecule has 3 rings (SSSR count). The molecule has 2 atom stereocenters. The van der Waals surface area contributed by atoms with Crippen LogP contribution in [0.1, 0.15) is 38.9 Å². The van der Waals surface area contributed by atoms with E-state index in [9.17, 15) is 0 Å². The molecule has 1 saturated heterocycles. The molecule has 3 heteroatoms. The third kappa shape index (κ3) is 1.78. The van der Waals surface area contributed by atoms with Crippen molar-refractivity contribution in [2.45, 2.75) is 45.0 Å². The molecule has 2 aliphatic rings. The van der Waals surface area contributed by atoms with Crippen molar-refractivity contribution in [1.29, 1.82) is 0 Å². The number of ether oxygens (including phenoxy) is 3. The zero-order valence-electron chi connectivity index (χ0n) is 10.5. The number of fused-ring (bicyclic) bond motifs is 3. The first kappa shape index (κ1) is 10.9. The van der Waals surface area contributed by atoms with Crippen LogP contribution in [0.15, 0.2) is 18.2 Å². The van der Waals surface area contributed by atoms with Gasteiger partial charge in [-0.05, 0) is 38.5 Å². The van der Waals surface area contributed by atoms with Gasteiger partial charge in [0.1, 0.15) is 29.3 Å². The summed E-state index contributed by atoms with van der Waals surface area (Å²) in [5.41, 5.74) is 0.909. The Hall–Kier alpha value is -1.22. The van der Waals surface area contributed by atoms with Gasteiger partial charge in [-0.2, -0.15) is 0 Å². The Bertz CT molecular complexity index is 439. The van der Waals surface area contributed by atoms with E-state index >= 15 is 0 Å². The highest BCUT2D eigenvalue weighted by Gasteiger charge is 2.56. The molecule has 3 nitrogen and oxygen atoms in total. The van der Waals surface area contributed by atoms with E-state index in [1.807, 2.05) is 18.2 Å². The van der Waals surface area contributed by atoms with E-state index in [-0.39, 0.29) is 17.8 Å². The summed E-state index contributed by atoms with van der Waals surface area (Å²) in [7, 11) is 0. The van der Waals surface area contributed by atoms with Crippen LogP contribution in [0.3, 0.4) is 0 Å². The SMILES string of the molecule is CCCOc1ccc2c(c1)[C@H]1O[C@H]1C(C)(C)O2. The maximum atomic E-state index is 5.95. The number of rotatable bonds is 3. The Labute approximate surface area is 102 Å². The lowest BCUT2D eigenvalue weighted by Gasteiger charge is -2.29. The van der Waals surface area contributed by atoms with Crippen LogP contribution in [-0.4, -0.2) is 18.3 Å². The molecule has 17 heavy (non-hydrogen) atoms. The summed E-state index contributed by atoms with van der Waals surface area (Å²) in [4.78, 5) is 0. The minimum atomic E-state index is -0.219. The van der Waals surface area contributed by atoms with E-state index in [0.717, 1.165) is 30.1 Å². The van der Waals surface area contributed by atoms with E-state index < -0.39 is 0 Å². The summed E-state index contributed by atoms with van der Waals surface area (Å²) in [6.07, 6.45) is 1.40. The van der Waals surface area contributed by atoms with Crippen molar-refractivity contribution in [3.63, 3.8) is 0 Å². The number of hydrogen-bond acceptors (Lipinski definition) is 3. The van der Waals surface area contributed by atoms with Gasteiger partial charge in [-0.15, -0.1) is 0 Å². The molecule has 0 saturated carbocycles. The molecule has 0 unspecified atom stereocenters. The van der Waals surface area contributed by atoms with Gasteiger partial charge in [-0.1, -0.05) is 6.92 Å². The monoisotopic (exact) mass is 234 g/mol. The van der Waals surface area contributed by atoms with E-state index in [0.29, 0.717) is 0 Å². The Balaban J connectivity index is 1.88. The molecule has 0 radical (unpaired) electrons. The van der Waals surface area contributed by atoms with E-state index in [4.69, 9.17) is 14.2 Å². The van der Waals surface area contributed by atoms with Crippen LogP contribution < -0.4 is 9.47 Å². The van der Waals surface area contributed by atoms with Crippen LogP contribution in [-0.2, 0) is 4.74 Å². The Kier molecular flexibility index (Phi) is 2.33. The molecule has 2 heterocycles. The molecule has 0 aromatic heterocycles. The summed E-state index contributed by atoms with van der Waals surface area (Å²) < 4.78 is 17.3. The van der Waals surface area contributed by atoms with Gasteiger partial charge in [0.05, 0.1) is 6.61 Å². The maximum Gasteiger partial charge on any atom is 0.132 e. The zero-order chi connectivity index (χ0) is 12.0. The molecule has 0 N–H and O–H groups in total. The molecule has 1 aromatic rings. The van der Waals surface area contributed by atoms with Gasteiger partial charge in [0.15, 0.2) is 0 Å². The largest absolute Gasteiger partial charge is 0.494 e. The first-order valence-corrected chi connectivity index (χ1v) is 6.23. The first-order chi connectivity index (χ1) is 8.12. The van der Waals surface area contributed by atoms with Crippen LogP contribution >= 0.6 is 0 Å². The topological polar surface area (TPSA) is 31.0 Å². The molecule has 0 bridgehead atoms. The molecule has 0 aliphatic carbocycles. The summed E-state index contributed by atoms with van der Waals surface area (Å²) in [5.74, 6) is 1.83. The fourth-order valence-electron chi connectivity index (χ4n) is 2.37. The summed E-state index contributed by atoms with van der Waals surface area (Å²) in [6.45, 7) is 6.99. The molecule has 1 fully saturated rings. The van der Waals surface area contributed by atoms with Gasteiger partial charge >= 0.3 is 0 Å². The summed E-state index contributed by atoms with van der Waals surface area (Å²) in [6, 6.07) is 6.00. The first-order valence-electron chi connectivity index (χ1n) is 6.23. The van der Waals surface area contributed by atoms with Gasteiger partial charge in [-0.25, -0.2) is 0 Å². The van der Waals surface area contributed by atoms with E-state index in [1.54, 1.807) is 0 Å². The standard InChI is InChI=1S/C14H18O3/c1-4-7-15-9-5-6-11-10(8-9)12-13(16-12)14(2,3)17-11/h5-6,8,12-13H,4,7H2,1-3H3/t12-,13-/m1/s1. The summed E-state index contributed by atoms with van der Waals surface area (Å²) >= 11 is 0. The molecule has 1 aromatic carbocycles. The van der Waals surface area contributed by atoms with E-state index in [2.05, 4.69) is 20.8 Å². The fourth-order valence-corrected chi connectivity index (χ4v) is 2.37. The van der Waals surface area contributed by atoms with Gasteiger partial charge < -0.3 is 14.2 Å². The minimum Gasteiger partial charge on any atom is -0.494 e. The molecule has 0 spiro atoms. The maximum absolute atomic E-state index is 5.95. The Morgan fingerprint density at radius 3 is 2.94 bits per heavy atom. The predicted octanol–water partition coefficient (Wildman–Crippen LogP) is 3.09. The van der Waals surface area contributed by atoms with Crippen LogP contribution in [0, 0.1) is 0 Å². The lowest BCUT2D eigenvalue weighted by atomic mass is 9.94. The Morgan fingerprint density at radius 2 is 2.18 bits per heavy atom. The lowest BCUT2D eigenvalue weighted by Crippen LogP contribution is -2.37. The van der Waals surface area contributed by atoms with Crippen LogP contribution in [0.5, 0.6) is 11.5 Å². The van der Waals surface area contributed by atoms with E-state index in [1.165, 1.54) is 0 Å². The second-order valence-corrected chi connectivity index (χ2v) is 5.23. The highest BCUT2D eigenvalue weighted by atomic mass is 16.6. The molecule has 0 amide bonds. The third-order valence-corrected chi connectivity index (χ3v) is 3.31. The quantitative estimate of drug-likeness (QED) is 0.753. The van der Waals surface area contributed by atoms with Crippen molar-refractivity contribution < 1.29 is 14.2 Å². The predicted molar refractivity (Wildman–Crippen MR) is 64.5 cm³/mol. The lowest BCUT2D eigenvalue weighted by molar-refractivity contribution is 0.0724. The second kappa shape index (κ2) is 3.64. The number of epoxide rings is 1. The normalized spacial score (nSPS) is 27.7. The van der Waals surface area contributed by atoms with Gasteiger partial charge in [0.25, 0.3) is 0 Å². The summed E-state index contributed by atoms with van der Waals surface area (Å²) in [5, 5.41) is 0. The minimum absolute atomic E-state index is 0.191. The number of hydrogen-bond donors (Lipinski definition) is 0. The number of benzene rings is 1. The molecule has 92 valence electrons. The van der Waals surface area contributed by atoms with Crippen LogP contribution in [0.25, 0.3) is 0 Å². The van der Waals surface area contributed by atoms with Crippen LogP contribution in [0.2, 0.25) is 0 Å². The van der Waals surface area contributed by atoms with Crippen molar-refractivity contribution in [2.24, 2.45) is 0 Å². The van der Waals surface area contributed by atoms with Crippen molar-refractivity contribution in [3.05, 3.63) is 23.8 Å². The van der Waals surface area contributed by atoms with Crippen molar-refractivity contribution >= 4 is 0 Å². The van der Waals surface area contributed by atoms with Crippen molar-refractivity contribution in [1.82, 2.24) is 0 Å². The van der Waals surface area contributed by atoms with Gasteiger partial charge in [0.2, 0.25) is 0 Å². The highest BCUT2D eigenvalue weighted by Crippen LogP contribution is 2.54. The van der Waals surface area contributed by atoms with Crippen LogP contribution in [0.4, 0.5) is 0 Å². The molecule has 2 aliphatic heterocycles. The second-order valence-electron chi connectivity index (χ2n) is 5.23. The smallest absolute Gasteiger partial charge is 0.132 e. The molecular weight excluding hydrogens is 216 g/mol. The third-order valence-electron chi connectivity index (χ3n) is 3.31. The van der Waals surface area contributed by atoms with Gasteiger partial charge in [-0.3, -0.25) is 0 Å². The van der Waals surface area contributed by atoms with Crippen molar-refractivity contribution in [2.75, 3.05) is 6.61 Å². The fraction of sp³-hybridized carbons (Fsp3) is 0.571. The van der Waals surface area contributed by atoms with Crippen molar-refractivity contribution in [3.8, 4) is 11.5 Å². The van der Waals surface area contributed by atoms with Gasteiger partial charge in [0, 0.05) is 5.56 Å². The average molecular weight is 234 g/mol.